The lowest BCUT2D eigenvalue weighted by Crippen LogP contribution is -2.38. The minimum atomic E-state index is 0.132. The molecule has 6 nitrogen and oxygen atoms in total. The molecule has 3 rings (SSSR count). The van der Waals surface area contributed by atoms with Gasteiger partial charge in [0.2, 0.25) is 5.91 Å². The highest BCUT2D eigenvalue weighted by Crippen LogP contribution is 2.32. The summed E-state index contributed by atoms with van der Waals surface area (Å²) in [7, 11) is 0. The molecule has 0 aromatic carbocycles. The van der Waals surface area contributed by atoms with Gasteiger partial charge in [0, 0.05) is 50.6 Å². The predicted octanol–water partition coefficient (Wildman–Crippen LogP) is 2.65. The lowest BCUT2D eigenvalue weighted by molar-refractivity contribution is -0.130. The van der Waals surface area contributed by atoms with E-state index in [0.29, 0.717) is 0 Å². The molecule has 1 saturated heterocycles. The second kappa shape index (κ2) is 6.48. The number of carbonyl (C=O) groups is 1. The fourth-order valence-corrected chi connectivity index (χ4v) is 3.24. The summed E-state index contributed by atoms with van der Waals surface area (Å²) in [5, 5.41) is 4.41. The van der Waals surface area contributed by atoms with E-state index in [9.17, 15) is 4.79 Å². The molecule has 0 saturated carbocycles. The molecule has 0 unspecified atom stereocenters. The molecular formula is C17H23N5O. The van der Waals surface area contributed by atoms with Crippen LogP contribution in [0.25, 0.3) is 11.4 Å². The SMILES string of the molecule is CC(=O)N1CCC[C@@H](c2nccnc2-c2ccnn2C(C)C)C1. The Kier molecular flexibility index (Phi) is 4.41. The van der Waals surface area contributed by atoms with E-state index in [-0.39, 0.29) is 17.9 Å². The Labute approximate surface area is 136 Å². The lowest BCUT2D eigenvalue weighted by Gasteiger charge is -2.32. The molecule has 0 bridgehead atoms. The van der Waals surface area contributed by atoms with Crippen LogP contribution in [0.1, 0.15) is 51.3 Å². The fraction of sp³-hybridized carbons (Fsp3) is 0.529. The molecule has 2 aromatic heterocycles. The largest absolute Gasteiger partial charge is 0.342 e. The fourth-order valence-electron chi connectivity index (χ4n) is 3.24. The number of piperidine rings is 1. The topological polar surface area (TPSA) is 63.9 Å². The molecule has 122 valence electrons. The first-order valence-electron chi connectivity index (χ1n) is 8.18. The second-order valence-electron chi connectivity index (χ2n) is 6.35. The summed E-state index contributed by atoms with van der Waals surface area (Å²) in [6.07, 6.45) is 7.30. The zero-order valence-electron chi connectivity index (χ0n) is 13.9. The number of hydrogen-bond acceptors (Lipinski definition) is 4. The maximum absolute atomic E-state index is 11.7. The van der Waals surface area contributed by atoms with Gasteiger partial charge in [-0.15, -0.1) is 0 Å². The van der Waals surface area contributed by atoms with E-state index in [2.05, 4.69) is 28.9 Å². The number of hydrogen-bond donors (Lipinski definition) is 0. The number of aromatic nitrogens is 4. The van der Waals surface area contributed by atoms with Crippen molar-refractivity contribution < 1.29 is 4.79 Å². The minimum absolute atomic E-state index is 0.132. The highest BCUT2D eigenvalue weighted by Gasteiger charge is 2.27. The smallest absolute Gasteiger partial charge is 0.219 e. The van der Waals surface area contributed by atoms with E-state index in [1.165, 1.54) is 0 Å². The third-order valence-corrected chi connectivity index (χ3v) is 4.38. The van der Waals surface area contributed by atoms with Crippen LogP contribution in [0, 0.1) is 0 Å². The van der Waals surface area contributed by atoms with Gasteiger partial charge in [-0.3, -0.25) is 19.4 Å². The van der Waals surface area contributed by atoms with Gasteiger partial charge in [-0.2, -0.15) is 5.10 Å². The summed E-state index contributed by atoms with van der Waals surface area (Å²) in [5.41, 5.74) is 2.85. The van der Waals surface area contributed by atoms with Gasteiger partial charge >= 0.3 is 0 Å². The van der Waals surface area contributed by atoms with Crippen LogP contribution in [-0.2, 0) is 4.79 Å². The van der Waals surface area contributed by atoms with Crippen molar-refractivity contribution >= 4 is 5.91 Å². The van der Waals surface area contributed by atoms with Gasteiger partial charge in [0.25, 0.3) is 0 Å². The van der Waals surface area contributed by atoms with Gasteiger partial charge in [-0.25, -0.2) is 0 Å². The minimum Gasteiger partial charge on any atom is -0.342 e. The molecule has 1 aliphatic heterocycles. The van der Waals surface area contributed by atoms with Crippen LogP contribution in [0.3, 0.4) is 0 Å². The van der Waals surface area contributed by atoms with Gasteiger partial charge in [0.1, 0.15) is 5.69 Å². The maximum Gasteiger partial charge on any atom is 0.219 e. The Bertz CT molecular complexity index is 694. The number of nitrogens with zero attached hydrogens (tertiary/aromatic N) is 5. The summed E-state index contributed by atoms with van der Waals surface area (Å²) in [6.45, 7) is 7.39. The van der Waals surface area contributed by atoms with Gasteiger partial charge < -0.3 is 4.90 Å². The van der Waals surface area contributed by atoms with Crippen LogP contribution < -0.4 is 0 Å². The molecule has 6 heteroatoms. The quantitative estimate of drug-likeness (QED) is 0.874. The van der Waals surface area contributed by atoms with Crippen molar-refractivity contribution in [2.24, 2.45) is 0 Å². The van der Waals surface area contributed by atoms with Gasteiger partial charge in [-0.1, -0.05) is 0 Å². The average Bonchev–Trinajstić information content (AvgIpc) is 3.04. The van der Waals surface area contributed by atoms with Gasteiger partial charge in [0.05, 0.1) is 11.4 Å². The Morgan fingerprint density at radius 2 is 2.04 bits per heavy atom. The standard InChI is InChI=1S/C17H23N5O/c1-12(2)22-15(6-7-20-22)17-16(18-8-9-19-17)14-5-4-10-21(11-14)13(3)23/h6-9,12,14H,4-5,10-11H2,1-3H3/t14-/m1/s1. The van der Waals surface area contributed by atoms with Crippen molar-refractivity contribution in [3.8, 4) is 11.4 Å². The number of rotatable bonds is 3. The Balaban J connectivity index is 1.98. The molecule has 23 heavy (non-hydrogen) atoms. The summed E-state index contributed by atoms with van der Waals surface area (Å²) in [5.74, 6) is 0.360. The van der Waals surface area contributed by atoms with E-state index in [1.807, 2.05) is 15.6 Å². The van der Waals surface area contributed by atoms with E-state index < -0.39 is 0 Å². The van der Waals surface area contributed by atoms with Crippen LogP contribution >= 0.6 is 0 Å². The zero-order chi connectivity index (χ0) is 16.4. The van der Waals surface area contributed by atoms with Gasteiger partial charge in [0.15, 0.2) is 0 Å². The highest BCUT2D eigenvalue weighted by atomic mass is 16.2. The normalized spacial score (nSPS) is 18.4. The molecule has 1 amide bonds. The van der Waals surface area contributed by atoms with Crippen LogP contribution in [-0.4, -0.2) is 43.6 Å². The Hall–Kier alpha value is -2.24. The third kappa shape index (κ3) is 3.11. The molecule has 0 N–H and O–H groups in total. The molecule has 0 aliphatic carbocycles. The van der Waals surface area contributed by atoms with Crippen LogP contribution in [0.2, 0.25) is 0 Å². The van der Waals surface area contributed by atoms with Crippen LogP contribution in [0.15, 0.2) is 24.7 Å². The highest BCUT2D eigenvalue weighted by molar-refractivity contribution is 5.73. The molecule has 1 fully saturated rings. The predicted molar refractivity (Wildman–Crippen MR) is 87.9 cm³/mol. The first kappa shape index (κ1) is 15.6. The van der Waals surface area contributed by atoms with Crippen molar-refractivity contribution in [1.29, 1.82) is 0 Å². The number of amides is 1. The molecular weight excluding hydrogens is 290 g/mol. The molecule has 0 radical (unpaired) electrons. The first-order chi connectivity index (χ1) is 11.1. The summed E-state index contributed by atoms with van der Waals surface area (Å²) < 4.78 is 1.97. The number of carbonyl (C=O) groups excluding carboxylic acids is 1. The van der Waals surface area contributed by atoms with Crippen LogP contribution in [0.5, 0.6) is 0 Å². The van der Waals surface area contributed by atoms with E-state index in [1.54, 1.807) is 25.5 Å². The monoisotopic (exact) mass is 313 g/mol. The van der Waals surface area contributed by atoms with Crippen molar-refractivity contribution in [1.82, 2.24) is 24.6 Å². The summed E-state index contributed by atoms with van der Waals surface area (Å²) >= 11 is 0. The van der Waals surface area contributed by atoms with E-state index in [0.717, 1.165) is 43.0 Å². The Morgan fingerprint density at radius 1 is 1.26 bits per heavy atom. The molecule has 0 spiro atoms. The average molecular weight is 313 g/mol. The van der Waals surface area contributed by atoms with Crippen molar-refractivity contribution in [3.05, 3.63) is 30.4 Å². The van der Waals surface area contributed by atoms with Crippen LogP contribution in [0.4, 0.5) is 0 Å². The van der Waals surface area contributed by atoms with Crippen molar-refractivity contribution in [2.75, 3.05) is 13.1 Å². The summed E-state index contributed by atoms with van der Waals surface area (Å²) in [6, 6.07) is 2.24. The molecule has 3 heterocycles. The molecule has 1 atom stereocenters. The number of likely N-dealkylation sites (tertiary alicyclic amines) is 1. The summed E-state index contributed by atoms with van der Waals surface area (Å²) in [4.78, 5) is 22.8. The lowest BCUT2D eigenvalue weighted by atomic mass is 9.92. The molecule has 1 aliphatic rings. The Morgan fingerprint density at radius 3 is 2.78 bits per heavy atom. The molecule has 2 aromatic rings. The zero-order valence-corrected chi connectivity index (χ0v) is 13.9. The third-order valence-electron chi connectivity index (χ3n) is 4.38. The van der Waals surface area contributed by atoms with E-state index in [4.69, 9.17) is 0 Å². The maximum atomic E-state index is 11.7. The van der Waals surface area contributed by atoms with E-state index >= 15 is 0 Å². The van der Waals surface area contributed by atoms with Crippen molar-refractivity contribution in [3.63, 3.8) is 0 Å². The second-order valence-corrected chi connectivity index (χ2v) is 6.35. The van der Waals surface area contributed by atoms with Gasteiger partial charge in [-0.05, 0) is 32.8 Å². The first-order valence-corrected chi connectivity index (χ1v) is 8.18. The van der Waals surface area contributed by atoms with Crippen molar-refractivity contribution in [2.45, 2.75) is 45.6 Å².